The van der Waals surface area contributed by atoms with Gasteiger partial charge in [-0.15, -0.1) is 0 Å². The Hall–Kier alpha value is -0.790. The molecule has 1 unspecified atom stereocenters. The van der Waals surface area contributed by atoms with E-state index in [9.17, 15) is 4.79 Å². The number of hydrogen-bond donors (Lipinski definition) is 0. The van der Waals surface area contributed by atoms with Gasteiger partial charge in [0.05, 0.1) is 6.61 Å². The molecule has 2 nitrogen and oxygen atoms in total. The monoisotopic (exact) mass is 212 g/mol. The Morgan fingerprint density at radius 1 is 1.33 bits per heavy atom. The fraction of sp³-hybridized carbons (Fsp3) is 0.769. The lowest BCUT2D eigenvalue weighted by Crippen LogP contribution is -2.12. The normalized spacial score (nSPS) is 12.0. The molecule has 0 aromatic heterocycles. The van der Waals surface area contributed by atoms with E-state index in [4.69, 9.17) is 4.74 Å². The van der Waals surface area contributed by atoms with Crippen LogP contribution < -0.4 is 0 Å². The van der Waals surface area contributed by atoms with Crippen LogP contribution in [0.1, 0.15) is 53.4 Å². The van der Waals surface area contributed by atoms with Gasteiger partial charge in [0.25, 0.3) is 0 Å². The Labute approximate surface area is 93.7 Å². The van der Waals surface area contributed by atoms with Crippen LogP contribution in [0.2, 0.25) is 0 Å². The molecule has 88 valence electrons. The van der Waals surface area contributed by atoms with E-state index in [-0.39, 0.29) is 5.97 Å². The number of rotatable bonds is 7. The van der Waals surface area contributed by atoms with Crippen LogP contribution in [0.25, 0.3) is 0 Å². The van der Waals surface area contributed by atoms with Crippen molar-refractivity contribution in [1.82, 2.24) is 0 Å². The highest BCUT2D eigenvalue weighted by atomic mass is 16.5. The van der Waals surface area contributed by atoms with Gasteiger partial charge in [-0.1, -0.05) is 38.7 Å². The van der Waals surface area contributed by atoms with Gasteiger partial charge in [0, 0.05) is 6.08 Å². The van der Waals surface area contributed by atoms with E-state index < -0.39 is 0 Å². The number of unbranched alkanes of at least 4 members (excludes halogenated alkanes) is 1. The van der Waals surface area contributed by atoms with Gasteiger partial charge in [0.15, 0.2) is 0 Å². The van der Waals surface area contributed by atoms with E-state index in [0.29, 0.717) is 12.5 Å². The quantitative estimate of drug-likeness (QED) is 0.475. The summed E-state index contributed by atoms with van der Waals surface area (Å²) in [5.74, 6) is 0.324. The molecule has 0 aromatic carbocycles. The SMILES string of the molecule is CCCCC(CC)COC(=O)C=C(C)C. The van der Waals surface area contributed by atoms with Crippen LogP contribution in [0.15, 0.2) is 11.6 Å². The summed E-state index contributed by atoms with van der Waals surface area (Å²) < 4.78 is 5.19. The third-order valence-electron chi connectivity index (χ3n) is 2.41. The van der Waals surface area contributed by atoms with Gasteiger partial charge in [-0.3, -0.25) is 0 Å². The Morgan fingerprint density at radius 2 is 2.00 bits per heavy atom. The smallest absolute Gasteiger partial charge is 0.330 e. The molecule has 0 saturated carbocycles. The van der Waals surface area contributed by atoms with E-state index in [2.05, 4.69) is 13.8 Å². The van der Waals surface area contributed by atoms with Gasteiger partial charge in [-0.2, -0.15) is 0 Å². The number of allylic oxidation sites excluding steroid dienone is 1. The molecule has 0 radical (unpaired) electrons. The molecule has 0 fully saturated rings. The first-order chi connectivity index (χ1) is 7.10. The number of esters is 1. The average molecular weight is 212 g/mol. The molecule has 0 aromatic rings. The molecular weight excluding hydrogens is 188 g/mol. The first-order valence-electron chi connectivity index (χ1n) is 5.91. The van der Waals surface area contributed by atoms with Gasteiger partial charge >= 0.3 is 5.97 Å². The third-order valence-corrected chi connectivity index (χ3v) is 2.41. The van der Waals surface area contributed by atoms with Crippen LogP contribution in [-0.4, -0.2) is 12.6 Å². The van der Waals surface area contributed by atoms with Crippen LogP contribution in [0.5, 0.6) is 0 Å². The van der Waals surface area contributed by atoms with Crippen molar-refractivity contribution in [3.8, 4) is 0 Å². The highest BCUT2D eigenvalue weighted by Gasteiger charge is 2.08. The van der Waals surface area contributed by atoms with E-state index >= 15 is 0 Å². The van der Waals surface area contributed by atoms with Gasteiger partial charge in [-0.05, 0) is 26.2 Å². The summed E-state index contributed by atoms with van der Waals surface area (Å²) in [5.41, 5.74) is 0.988. The van der Waals surface area contributed by atoms with Crippen molar-refractivity contribution in [2.24, 2.45) is 5.92 Å². The molecule has 0 aliphatic carbocycles. The molecule has 0 rings (SSSR count). The second kappa shape index (κ2) is 8.51. The predicted molar refractivity (Wildman–Crippen MR) is 63.7 cm³/mol. The molecule has 0 N–H and O–H groups in total. The summed E-state index contributed by atoms with van der Waals surface area (Å²) in [6, 6.07) is 0. The first-order valence-corrected chi connectivity index (χ1v) is 5.91. The van der Waals surface area contributed by atoms with Crippen LogP contribution >= 0.6 is 0 Å². The molecule has 0 aliphatic heterocycles. The molecule has 2 heteroatoms. The summed E-state index contributed by atoms with van der Waals surface area (Å²) in [4.78, 5) is 11.2. The summed E-state index contributed by atoms with van der Waals surface area (Å²) >= 11 is 0. The molecule has 1 atom stereocenters. The van der Waals surface area contributed by atoms with Crippen molar-refractivity contribution in [1.29, 1.82) is 0 Å². The molecule has 0 amide bonds. The fourth-order valence-corrected chi connectivity index (χ4v) is 1.38. The van der Waals surface area contributed by atoms with Crippen LogP contribution in [0.4, 0.5) is 0 Å². The maximum Gasteiger partial charge on any atom is 0.330 e. The third kappa shape index (κ3) is 8.22. The minimum absolute atomic E-state index is 0.204. The number of carbonyl (C=O) groups excluding carboxylic acids is 1. The van der Waals surface area contributed by atoms with Crippen LogP contribution in [0, 0.1) is 5.92 Å². The largest absolute Gasteiger partial charge is 0.462 e. The van der Waals surface area contributed by atoms with E-state index in [0.717, 1.165) is 18.4 Å². The lowest BCUT2D eigenvalue weighted by Gasteiger charge is -2.13. The zero-order valence-electron chi connectivity index (χ0n) is 10.5. The Bertz CT molecular complexity index is 203. The van der Waals surface area contributed by atoms with Crippen molar-refractivity contribution in [3.63, 3.8) is 0 Å². The molecule has 0 aliphatic rings. The van der Waals surface area contributed by atoms with Crippen molar-refractivity contribution in [2.45, 2.75) is 53.4 Å². The lowest BCUT2D eigenvalue weighted by atomic mass is 10.0. The highest BCUT2D eigenvalue weighted by Crippen LogP contribution is 2.12. The van der Waals surface area contributed by atoms with Crippen molar-refractivity contribution < 1.29 is 9.53 Å². The molecule has 0 saturated heterocycles. The summed E-state index contributed by atoms with van der Waals surface area (Å²) in [6.07, 6.45) is 6.22. The minimum atomic E-state index is -0.204. The molecule has 0 bridgehead atoms. The maximum atomic E-state index is 11.2. The molecular formula is C13H24O2. The zero-order valence-corrected chi connectivity index (χ0v) is 10.5. The van der Waals surface area contributed by atoms with Crippen molar-refractivity contribution >= 4 is 5.97 Å². The van der Waals surface area contributed by atoms with Gasteiger partial charge < -0.3 is 4.74 Å². The standard InChI is InChI=1S/C13H24O2/c1-5-7-8-12(6-2)10-15-13(14)9-11(3)4/h9,12H,5-8,10H2,1-4H3. The predicted octanol–water partition coefficient (Wildman–Crippen LogP) is 3.71. The minimum Gasteiger partial charge on any atom is -0.462 e. The Kier molecular flexibility index (Phi) is 8.06. The second-order valence-electron chi connectivity index (χ2n) is 4.27. The number of hydrogen-bond acceptors (Lipinski definition) is 2. The van der Waals surface area contributed by atoms with E-state index in [1.807, 2.05) is 13.8 Å². The first kappa shape index (κ1) is 14.2. The summed E-state index contributed by atoms with van der Waals surface area (Å²) in [6.45, 7) is 8.70. The lowest BCUT2D eigenvalue weighted by molar-refractivity contribution is -0.139. The highest BCUT2D eigenvalue weighted by molar-refractivity contribution is 5.82. The van der Waals surface area contributed by atoms with E-state index in [1.54, 1.807) is 6.08 Å². The van der Waals surface area contributed by atoms with Gasteiger partial charge in [-0.25, -0.2) is 4.79 Å². The molecule has 15 heavy (non-hydrogen) atoms. The van der Waals surface area contributed by atoms with Crippen LogP contribution in [0.3, 0.4) is 0 Å². The Balaban J connectivity index is 3.79. The average Bonchev–Trinajstić information content (AvgIpc) is 2.17. The van der Waals surface area contributed by atoms with E-state index in [1.165, 1.54) is 12.8 Å². The van der Waals surface area contributed by atoms with Crippen molar-refractivity contribution in [2.75, 3.05) is 6.61 Å². The molecule has 0 spiro atoms. The van der Waals surface area contributed by atoms with Crippen LogP contribution in [-0.2, 0) is 9.53 Å². The summed E-state index contributed by atoms with van der Waals surface area (Å²) in [5, 5.41) is 0. The number of ether oxygens (including phenoxy) is 1. The fourth-order valence-electron chi connectivity index (χ4n) is 1.38. The molecule has 0 heterocycles. The van der Waals surface area contributed by atoms with Gasteiger partial charge in [0.1, 0.15) is 0 Å². The zero-order chi connectivity index (χ0) is 11.7. The number of carbonyl (C=O) groups is 1. The second-order valence-corrected chi connectivity index (χ2v) is 4.27. The van der Waals surface area contributed by atoms with Gasteiger partial charge in [0.2, 0.25) is 0 Å². The summed E-state index contributed by atoms with van der Waals surface area (Å²) in [7, 11) is 0. The van der Waals surface area contributed by atoms with Crippen molar-refractivity contribution in [3.05, 3.63) is 11.6 Å². The maximum absolute atomic E-state index is 11.2. The Morgan fingerprint density at radius 3 is 2.47 bits per heavy atom. The topological polar surface area (TPSA) is 26.3 Å².